The maximum atomic E-state index is 12.5. The molecule has 2 aliphatic rings. The summed E-state index contributed by atoms with van der Waals surface area (Å²) in [5.74, 6) is 1.78. The van der Waals surface area contributed by atoms with Gasteiger partial charge in [-0.15, -0.1) is 0 Å². The molecule has 2 unspecified atom stereocenters. The van der Waals surface area contributed by atoms with Gasteiger partial charge in [-0.1, -0.05) is 12.1 Å². The van der Waals surface area contributed by atoms with E-state index < -0.39 is 0 Å². The van der Waals surface area contributed by atoms with E-state index in [0.29, 0.717) is 12.4 Å². The van der Waals surface area contributed by atoms with E-state index >= 15 is 0 Å². The van der Waals surface area contributed by atoms with Crippen molar-refractivity contribution in [1.29, 1.82) is 0 Å². The number of para-hydroxylation sites is 1. The molecule has 1 aromatic heterocycles. The molecule has 6 nitrogen and oxygen atoms in total. The van der Waals surface area contributed by atoms with Crippen molar-refractivity contribution in [2.75, 3.05) is 26.7 Å². The van der Waals surface area contributed by atoms with E-state index in [-0.39, 0.29) is 17.9 Å². The third kappa shape index (κ3) is 4.02. The highest BCUT2D eigenvalue weighted by atomic mass is 16.5. The van der Waals surface area contributed by atoms with Crippen LogP contribution in [0.4, 0.5) is 0 Å². The zero-order valence-electron chi connectivity index (χ0n) is 16.9. The molecule has 2 atom stereocenters. The molecule has 6 heteroatoms. The average molecular weight is 380 g/mol. The number of amides is 1. The van der Waals surface area contributed by atoms with Crippen molar-refractivity contribution in [2.45, 2.75) is 39.2 Å². The highest BCUT2D eigenvalue weighted by Crippen LogP contribution is 2.37. The van der Waals surface area contributed by atoms with Crippen LogP contribution in [0.3, 0.4) is 0 Å². The Bertz CT molecular complexity index is 863. The molecule has 0 saturated carbocycles. The normalized spacial score (nSPS) is 21.8. The van der Waals surface area contributed by atoms with E-state index in [2.05, 4.69) is 33.3 Å². The monoisotopic (exact) mass is 380 g/mol. The predicted molar refractivity (Wildman–Crippen MR) is 108 cm³/mol. The van der Waals surface area contributed by atoms with E-state index in [4.69, 9.17) is 4.74 Å². The SMILES string of the molecule is Cc1cc(C)nc(-c2cccc3c2OC(CNC(=O)C2CCCN(C)C2)C3)n1. The van der Waals surface area contributed by atoms with E-state index in [1.54, 1.807) is 0 Å². The van der Waals surface area contributed by atoms with E-state index in [9.17, 15) is 4.79 Å². The number of carbonyl (C=O) groups excluding carboxylic acids is 1. The number of hydrogen-bond acceptors (Lipinski definition) is 5. The Balaban J connectivity index is 1.43. The Labute approximate surface area is 166 Å². The van der Waals surface area contributed by atoms with Gasteiger partial charge < -0.3 is 15.0 Å². The molecule has 28 heavy (non-hydrogen) atoms. The Kier molecular flexibility index (Phi) is 5.31. The maximum absolute atomic E-state index is 12.5. The molecule has 0 bridgehead atoms. The molecule has 148 valence electrons. The molecular weight excluding hydrogens is 352 g/mol. The first-order chi connectivity index (χ1) is 13.5. The number of likely N-dealkylation sites (tertiary alicyclic amines) is 1. The van der Waals surface area contributed by atoms with Gasteiger partial charge in [-0.05, 0) is 58.0 Å². The van der Waals surface area contributed by atoms with Crippen molar-refractivity contribution in [3.05, 3.63) is 41.2 Å². The molecular formula is C22H28N4O2. The molecule has 1 fully saturated rings. The largest absolute Gasteiger partial charge is 0.487 e. The Morgan fingerprint density at radius 1 is 1.29 bits per heavy atom. The highest BCUT2D eigenvalue weighted by Gasteiger charge is 2.29. The van der Waals surface area contributed by atoms with Crippen LogP contribution >= 0.6 is 0 Å². The van der Waals surface area contributed by atoms with Crippen molar-refractivity contribution < 1.29 is 9.53 Å². The van der Waals surface area contributed by atoms with Crippen molar-refractivity contribution in [3.63, 3.8) is 0 Å². The standard InChI is InChI=1S/C22H28N4O2/c1-14-10-15(2)25-21(24-14)19-8-4-6-16-11-18(28-20(16)19)12-23-22(27)17-7-5-9-26(3)13-17/h4,6,8,10,17-18H,5,7,9,11-13H2,1-3H3,(H,23,27). The number of benzene rings is 1. The van der Waals surface area contributed by atoms with Crippen LogP contribution in [0.2, 0.25) is 0 Å². The quantitative estimate of drug-likeness (QED) is 0.883. The van der Waals surface area contributed by atoms with Crippen LogP contribution in [0.1, 0.15) is 29.8 Å². The molecule has 1 N–H and O–H groups in total. The van der Waals surface area contributed by atoms with Crippen LogP contribution < -0.4 is 10.1 Å². The lowest BCUT2D eigenvalue weighted by Crippen LogP contribution is -2.44. The number of rotatable bonds is 4. The molecule has 0 radical (unpaired) electrons. The summed E-state index contributed by atoms with van der Waals surface area (Å²) < 4.78 is 6.23. The van der Waals surface area contributed by atoms with Crippen LogP contribution in [0, 0.1) is 19.8 Å². The second-order valence-corrected chi connectivity index (χ2v) is 8.06. The Hall–Kier alpha value is -2.47. The fourth-order valence-electron chi connectivity index (χ4n) is 4.21. The van der Waals surface area contributed by atoms with Gasteiger partial charge in [-0.25, -0.2) is 9.97 Å². The van der Waals surface area contributed by atoms with E-state index in [1.807, 2.05) is 32.0 Å². The van der Waals surface area contributed by atoms with Gasteiger partial charge in [0, 0.05) is 24.4 Å². The molecule has 0 aliphatic carbocycles. The second-order valence-electron chi connectivity index (χ2n) is 8.06. The average Bonchev–Trinajstić information content (AvgIpc) is 3.08. The second kappa shape index (κ2) is 7.87. The van der Waals surface area contributed by atoms with Crippen LogP contribution in [0.5, 0.6) is 5.75 Å². The molecule has 0 spiro atoms. The molecule has 2 aliphatic heterocycles. The van der Waals surface area contributed by atoms with Gasteiger partial charge in [0.05, 0.1) is 18.0 Å². The third-order valence-corrected chi connectivity index (χ3v) is 5.55. The molecule has 2 aromatic rings. The first-order valence-electron chi connectivity index (χ1n) is 10.1. The van der Waals surface area contributed by atoms with Gasteiger partial charge in [0.1, 0.15) is 11.9 Å². The van der Waals surface area contributed by atoms with Gasteiger partial charge in [-0.2, -0.15) is 0 Å². The summed E-state index contributed by atoms with van der Waals surface area (Å²) in [5.41, 5.74) is 3.96. The van der Waals surface area contributed by atoms with Crippen LogP contribution in [0.15, 0.2) is 24.3 Å². The number of nitrogens with zero attached hydrogens (tertiary/aromatic N) is 3. The minimum Gasteiger partial charge on any atom is -0.487 e. The minimum atomic E-state index is -0.0488. The summed E-state index contributed by atoms with van der Waals surface area (Å²) in [6.45, 7) is 6.40. The number of nitrogens with one attached hydrogen (secondary N) is 1. The molecule has 3 heterocycles. The maximum Gasteiger partial charge on any atom is 0.224 e. The molecule has 1 aromatic carbocycles. The first kappa shape index (κ1) is 18.9. The van der Waals surface area contributed by atoms with Gasteiger partial charge in [0.25, 0.3) is 0 Å². The molecule has 1 saturated heterocycles. The van der Waals surface area contributed by atoms with Crippen molar-refractivity contribution in [3.8, 4) is 17.1 Å². The smallest absolute Gasteiger partial charge is 0.224 e. The van der Waals surface area contributed by atoms with Crippen molar-refractivity contribution in [1.82, 2.24) is 20.2 Å². The van der Waals surface area contributed by atoms with E-state index in [1.165, 1.54) is 0 Å². The fraction of sp³-hybridized carbons (Fsp3) is 0.500. The summed E-state index contributed by atoms with van der Waals surface area (Å²) in [5, 5.41) is 3.11. The number of ether oxygens (including phenoxy) is 1. The summed E-state index contributed by atoms with van der Waals surface area (Å²) >= 11 is 0. The number of aryl methyl sites for hydroxylation is 2. The minimum absolute atomic E-state index is 0.0488. The lowest BCUT2D eigenvalue weighted by Gasteiger charge is -2.29. The lowest BCUT2D eigenvalue weighted by atomic mass is 9.97. The van der Waals surface area contributed by atoms with Crippen LogP contribution in [-0.2, 0) is 11.2 Å². The first-order valence-corrected chi connectivity index (χ1v) is 10.1. The van der Waals surface area contributed by atoms with Gasteiger partial charge in [-0.3, -0.25) is 4.79 Å². The summed E-state index contributed by atoms with van der Waals surface area (Å²) in [6, 6.07) is 8.08. The summed E-state index contributed by atoms with van der Waals surface area (Å²) in [7, 11) is 2.08. The van der Waals surface area contributed by atoms with Gasteiger partial charge >= 0.3 is 0 Å². The molecule has 4 rings (SSSR count). The van der Waals surface area contributed by atoms with Crippen molar-refractivity contribution in [2.24, 2.45) is 5.92 Å². The number of carbonyl (C=O) groups is 1. The summed E-state index contributed by atoms with van der Waals surface area (Å²) in [6.07, 6.45) is 2.79. The predicted octanol–water partition coefficient (Wildman–Crippen LogP) is 2.52. The zero-order valence-corrected chi connectivity index (χ0v) is 16.9. The number of piperidine rings is 1. The highest BCUT2D eigenvalue weighted by molar-refractivity contribution is 5.79. The Morgan fingerprint density at radius 3 is 2.82 bits per heavy atom. The van der Waals surface area contributed by atoms with Crippen LogP contribution in [-0.4, -0.2) is 53.6 Å². The van der Waals surface area contributed by atoms with Gasteiger partial charge in [0.2, 0.25) is 5.91 Å². The number of aromatic nitrogens is 2. The van der Waals surface area contributed by atoms with E-state index in [0.717, 1.165) is 60.6 Å². The summed E-state index contributed by atoms with van der Waals surface area (Å²) in [4.78, 5) is 23.9. The molecule has 1 amide bonds. The zero-order chi connectivity index (χ0) is 19.7. The Morgan fingerprint density at radius 2 is 2.07 bits per heavy atom. The number of fused-ring (bicyclic) bond motifs is 1. The fourth-order valence-corrected chi connectivity index (χ4v) is 4.21. The number of hydrogen-bond donors (Lipinski definition) is 1. The van der Waals surface area contributed by atoms with Crippen molar-refractivity contribution >= 4 is 5.91 Å². The van der Waals surface area contributed by atoms with Crippen LogP contribution in [0.25, 0.3) is 11.4 Å². The van der Waals surface area contributed by atoms with Gasteiger partial charge in [0.15, 0.2) is 5.82 Å². The topological polar surface area (TPSA) is 67.3 Å². The third-order valence-electron chi connectivity index (χ3n) is 5.55. The lowest BCUT2D eigenvalue weighted by molar-refractivity contribution is -0.126.